The Morgan fingerprint density at radius 2 is 1.46 bits per heavy atom. The second kappa shape index (κ2) is 8.80. The number of halogens is 4. The molecule has 0 bridgehead atoms. The summed E-state index contributed by atoms with van der Waals surface area (Å²) in [5.74, 6) is -4.30. The fourth-order valence-corrected chi connectivity index (χ4v) is 3.74. The highest BCUT2D eigenvalue weighted by molar-refractivity contribution is 5.66. The molecule has 0 aromatic heterocycles. The van der Waals surface area contributed by atoms with Crippen molar-refractivity contribution in [2.75, 3.05) is 6.61 Å². The summed E-state index contributed by atoms with van der Waals surface area (Å²) in [6.45, 7) is 4.02. The molecule has 28 heavy (non-hydrogen) atoms. The van der Waals surface area contributed by atoms with Crippen LogP contribution >= 0.6 is 0 Å². The molecule has 2 aromatic rings. The summed E-state index contributed by atoms with van der Waals surface area (Å²) in [4.78, 5) is 0. The highest BCUT2D eigenvalue weighted by Gasteiger charge is 2.26. The van der Waals surface area contributed by atoms with Crippen LogP contribution in [0, 0.1) is 29.2 Å². The van der Waals surface area contributed by atoms with Crippen LogP contribution in [0.4, 0.5) is 17.6 Å². The molecule has 0 N–H and O–H groups in total. The summed E-state index contributed by atoms with van der Waals surface area (Å²) in [5, 5.41) is 0. The summed E-state index contributed by atoms with van der Waals surface area (Å²) in [7, 11) is 0. The van der Waals surface area contributed by atoms with Crippen molar-refractivity contribution in [2.45, 2.75) is 45.4 Å². The molecule has 0 heterocycles. The average Bonchev–Trinajstić information content (AvgIpc) is 2.69. The molecule has 1 aliphatic carbocycles. The third-order valence-corrected chi connectivity index (χ3v) is 5.48. The quantitative estimate of drug-likeness (QED) is 0.387. The van der Waals surface area contributed by atoms with Crippen LogP contribution in [-0.4, -0.2) is 6.61 Å². The highest BCUT2D eigenvalue weighted by atomic mass is 19.2. The van der Waals surface area contributed by atoms with E-state index in [-0.39, 0.29) is 29.4 Å². The van der Waals surface area contributed by atoms with E-state index >= 15 is 0 Å². The predicted octanol–water partition coefficient (Wildman–Crippen LogP) is 7.16. The van der Waals surface area contributed by atoms with Crippen LogP contribution in [-0.2, 0) is 0 Å². The minimum absolute atomic E-state index is 0.0382. The lowest BCUT2D eigenvalue weighted by Crippen LogP contribution is -2.13. The molecule has 2 aromatic carbocycles. The molecule has 0 saturated heterocycles. The van der Waals surface area contributed by atoms with Gasteiger partial charge in [0.05, 0.1) is 0 Å². The number of rotatable bonds is 5. The molecule has 1 aliphatic rings. The zero-order chi connectivity index (χ0) is 20.3. The van der Waals surface area contributed by atoms with Crippen molar-refractivity contribution in [1.82, 2.24) is 0 Å². The van der Waals surface area contributed by atoms with Crippen molar-refractivity contribution in [2.24, 2.45) is 5.92 Å². The number of hydrogen-bond acceptors (Lipinski definition) is 1. The minimum Gasteiger partial charge on any atom is -0.486 e. The second-order valence-electron chi connectivity index (χ2n) is 7.41. The fourth-order valence-electron chi connectivity index (χ4n) is 3.74. The van der Waals surface area contributed by atoms with Crippen molar-refractivity contribution in [3.8, 4) is 16.9 Å². The Labute approximate surface area is 163 Å². The van der Waals surface area contributed by atoms with Gasteiger partial charge in [-0.2, -0.15) is 4.39 Å². The molecule has 0 aliphatic heterocycles. The van der Waals surface area contributed by atoms with E-state index in [2.05, 4.69) is 6.92 Å². The predicted molar refractivity (Wildman–Crippen MR) is 102 cm³/mol. The van der Waals surface area contributed by atoms with Gasteiger partial charge in [-0.1, -0.05) is 44.1 Å². The van der Waals surface area contributed by atoms with Crippen molar-refractivity contribution >= 4 is 0 Å². The number of benzene rings is 2. The Balaban J connectivity index is 1.92. The van der Waals surface area contributed by atoms with Crippen molar-refractivity contribution in [3.05, 3.63) is 65.2 Å². The monoisotopic (exact) mass is 392 g/mol. The third kappa shape index (κ3) is 4.08. The molecule has 0 atom stereocenters. The van der Waals surface area contributed by atoms with Crippen LogP contribution < -0.4 is 4.74 Å². The van der Waals surface area contributed by atoms with E-state index in [0.29, 0.717) is 11.5 Å². The van der Waals surface area contributed by atoms with E-state index in [9.17, 15) is 17.6 Å². The first kappa shape index (κ1) is 20.4. The lowest BCUT2D eigenvalue weighted by atomic mass is 9.79. The summed E-state index contributed by atoms with van der Waals surface area (Å²) in [5.41, 5.74) is -0.293. The standard InChI is InChI=1S/C23H24F4O/c1-3-4-13-28-19-12-11-18(22(26)23(19)27)17-10-9-16(20(24)21(17)25)15-7-5-14(2)6-8-15/h3-4,9-12,14-15H,5-8,13H2,1-2H3/b4-3+. The van der Waals surface area contributed by atoms with Gasteiger partial charge < -0.3 is 4.74 Å². The van der Waals surface area contributed by atoms with Gasteiger partial charge >= 0.3 is 0 Å². The SMILES string of the molecule is C/C=C/COc1ccc(-c2ccc(C3CCC(C)CC3)c(F)c2F)c(F)c1F. The number of ether oxygens (including phenoxy) is 1. The maximum Gasteiger partial charge on any atom is 0.201 e. The molecule has 1 nitrogen and oxygen atoms in total. The van der Waals surface area contributed by atoms with Crippen LogP contribution in [0.15, 0.2) is 36.4 Å². The van der Waals surface area contributed by atoms with Crippen LogP contribution in [0.5, 0.6) is 5.75 Å². The maximum atomic E-state index is 14.7. The first-order valence-electron chi connectivity index (χ1n) is 9.64. The third-order valence-electron chi connectivity index (χ3n) is 5.48. The summed E-state index contributed by atoms with van der Waals surface area (Å²) >= 11 is 0. The number of allylic oxidation sites excluding steroid dienone is 1. The molecule has 1 saturated carbocycles. The van der Waals surface area contributed by atoms with E-state index < -0.39 is 23.3 Å². The molecule has 0 spiro atoms. The van der Waals surface area contributed by atoms with Crippen LogP contribution in [0.1, 0.15) is 51.0 Å². The van der Waals surface area contributed by atoms with Crippen LogP contribution in [0.2, 0.25) is 0 Å². The minimum atomic E-state index is -1.25. The Kier molecular flexibility index (Phi) is 6.42. The van der Waals surface area contributed by atoms with Gasteiger partial charge in [0.15, 0.2) is 23.2 Å². The normalized spacial score (nSPS) is 19.9. The summed E-state index contributed by atoms with van der Waals surface area (Å²) < 4.78 is 63.4. The Bertz CT molecular complexity index is 867. The molecule has 150 valence electrons. The summed E-state index contributed by atoms with van der Waals surface area (Å²) in [6, 6.07) is 5.28. The van der Waals surface area contributed by atoms with Crippen molar-refractivity contribution in [1.29, 1.82) is 0 Å². The first-order valence-corrected chi connectivity index (χ1v) is 9.64. The van der Waals surface area contributed by atoms with Gasteiger partial charge in [-0.3, -0.25) is 0 Å². The molecule has 1 fully saturated rings. The molecule has 0 radical (unpaired) electrons. The molecule has 5 heteroatoms. The Morgan fingerprint density at radius 3 is 2.11 bits per heavy atom. The van der Waals surface area contributed by atoms with E-state index in [4.69, 9.17) is 4.74 Å². The van der Waals surface area contributed by atoms with Crippen molar-refractivity contribution in [3.63, 3.8) is 0 Å². The van der Waals surface area contributed by atoms with Crippen molar-refractivity contribution < 1.29 is 22.3 Å². The van der Waals surface area contributed by atoms with Gasteiger partial charge in [0.1, 0.15) is 6.61 Å². The van der Waals surface area contributed by atoms with E-state index in [1.54, 1.807) is 19.1 Å². The van der Waals surface area contributed by atoms with Gasteiger partial charge in [0.25, 0.3) is 0 Å². The van der Waals surface area contributed by atoms with Gasteiger partial charge in [-0.05, 0) is 49.3 Å². The van der Waals surface area contributed by atoms with Gasteiger partial charge in [-0.25, -0.2) is 13.2 Å². The zero-order valence-corrected chi connectivity index (χ0v) is 16.1. The van der Waals surface area contributed by atoms with Crippen LogP contribution in [0.3, 0.4) is 0 Å². The van der Waals surface area contributed by atoms with Gasteiger partial charge in [-0.15, -0.1) is 0 Å². The summed E-state index contributed by atoms with van der Waals surface area (Å²) in [6.07, 6.45) is 6.92. The molecule has 0 amide bonds. The van der Waals surface area contributed by atoms with E-state index in [1.807, 2.05) is 0 Å². The second-order valence-corrected chi connectivity index (χ2v) is 7.41. The molecular weight excluding hydrogens is 368 g/mol. The Morgan fingerprint density at radius 1 is 0.857 bits per heavy atom. The van der Waals surface area contributed by atoms with E-state index in [0.717, 1.165) is 25.7 Å². The smallest absolute Gasteiger partial charge is 0.201 e. The highest BCUT2D eigenvalue weighted by Crippen LogP contribution is 2.39. The molecule has 0 unspecified atom stereocenters. The largest absolute Gasteiger partial charge is 0.486 e. The fraction of sp³-hybridized carbons (Fsp3) is 0.391. The zero-order valence-electron chi connectivity index (χ0n) is 16.1. The van der Waals surface area contributed by atoms with E-state index in [1.165, 1.54) is 24.3 Å². The topological polar surface area (TPSA) is 9.23 Å². The Hall–Kier alpha value is -2.30. The first-order chi connectivity index (χ1) is 13.4. The number of hydrogen-bond donors (Lipinski definition) is 0. The van der Waals surface area contributed by atoms with Gasteiger partial charge in [0.2, 0.25) is 5.82 Å². The molecular formula is C23H24F4O. The molecule has 3 rings (SSSR count). The average molecular weight is 392 g/mol. The lowest BCUT2D eigenvalue weighted by Gasteiger charge is -2.27. The van der Waals surface area contributed by atoms with Crippen LogP contribution in [0.25, 0.3) is 11.1 Å². The van der Waals surface area contributed by atoms with Gasteiger partial charge in [0, 0.05) is 11.1 Å². The lowest BCUT2D eigenvalue weighted by molar-refractivity contribution is 0.332. The maximum absolute atomic E-state index is 14.7.